The van der Waals surface area contributed by atoms with Crippen LogP contribution in [0, 0.1) is 23.7 Å². The number of aliphatic hydroxyl groups excluding tert-OH is 2. The Bertz CT molecular complexity index is 2490. The molecule has 0 aliphatic carbocycles. The van der Waals surface area contributed by atoms with Gasteiger partial charge in [0.15, 0.2) is 11.9 Å². The molecule has 1 aromatic carbocycles. The number of primary amides is 1. The van der Waals surface area contributed by atoms with Gasteiger partial charge in [-0.3, -0.25) is 57.9 Å². The fraction of sp³-hybridized carbons (Fsp3) is 0.655. The van der Waals surface area contributed by atoms with Crippen molar-refractivity contribution in [1.29, 1.82) is 0 Å². The molecule has 0 radical (unpaired) electrons. The van der Waals surface area contributed by atoms with Crippen molar-refractivity contribution in [2.45, 2.75) is 193 Å². The summed E-state index contributed by atoms with van der Waals surface area (Å²) in [5.74, 6) is -13.1. The highest BCUT2D eigenvalue weighted by Gasteiger charge is 2.38. The number of carboxylic acid groups (broad SMARTS) is 1. The van der Waals surface area contributed by atoms with Gasteiger partial charge in [-0.2, -0.15) is 0 Å². The Morgan fingerprint density at radius 2 is 0.791 bits per heavy atom. The van der Waals surface area contributed by atoms with Crippen LogP contribution in [-0.2, 0) is 59.2 Å². The summed E-state index contributed by atoms with van der Waals surface area (Å²) in [6.07, 6.45) is -3.69. The molecular formula is C55H95N17O14. The fourth-order valence-electron chi connectivity index (χ4n) is 8.51. The molecule has 12 atom stereocenters. The maximum Gasteiger partial charge on any atom is 0.326 e. The summed E-state index contributed by atoms with van der Waals surface area (Å²) in [5, 5.41) is 53.7. The van der Waals surface area contributed by atoms with Crippen molar-refractivity contribution in [3.05, 3.63) is 35.9 Å². The third kappa shape index (κ3) is 28.6. The second-order valence-corrected chi connectivity index (χ2v) is 22.7. The molecule has 0 fully saturated rings. The van der Waals surface area contributed by atoms with Crippen molar-refractivity contribution in [3.63, 3.8) is 0 Å². The van der Waals surface area contributed by atoms with Crippen LogP contribution in [-0.4, -0.2) is 178 Å². The van der Waals surface area contributed by atoms with Crippen LogP contribution >= 0.6 is 0 Å². The van der Waals surface area contributed by atoms with Gasteiger partial charge in [-0.25, -0.2) is 4.79 Å². The highest BCUT2D eigenvalue weighted by molar-refractivity contribution is 5.99. The summed E-state index contributed by atoms with van der Waals surface area (Å²) in [6.45, 7) is 16.0. The molecule has 0 aromatic heterocycles. The molecule has 0 spiro atoms. The number of nitrogens with zero attached hydrogens (tertiary/aromatic N) is 2. The Morgan fingerprint density at radius 1 is 0.442 bits per heavy atom. The average molecular weight is 1220 g/mol. The molecule has 1 rings (SSSR count). The van der Waals surface area contributed by atoms with Gasteiger partial charge in [-0.15, -0.1) is 0 Å². The molecule has 484 valence electrons. The van der Waals surface area contributed by atoms with E-state index in [1.165, 1.54) is 20.8 Å². The number of rotatable bonds is 39. The SMILES string of the molecule is CC(C)C[C@H](NC(=O)[C@@H](NC(=O)[C@@H](N)CCCN=C(N)N)C(C)C)C(=O)N[C@H](C(=O)N[C@@H](CC(C)C)C(=O)N[C@@H](Cc1ccccc1)C(=O)N[C@@H](CC(N)=O)C(=O)N[C@H](C(=O)N[C@H](C(=O)N[C@@H](CCCN=C(N)N)C(=O)O)[C@@H](C)O)C(C)C)[C@@H](C)O. The first-order valence-electron chi connectivity index (χ1n) is 28.6. The van der Waals surface area contributed by atoms with Crippen LogP contribution in [0.3, 0.4) is 0 Å². The largest absolute Gasteiger partial charge is 0.480 e. The van der Waals surface area contributed by atoms with Gasteiger partial charge < -0.3 is 97.6 Å². The fourth-order valence-corrected chi connectivity index (χ4v) is 8.51. The van der Waals surface area contributed by atoms with Gasteiger partial charge in [-0.05, 0) is 81.6 Å². The molecule has 1 aromatic rings. The quantitative estimate of drug-likeness (QED) is 0.0167. The van der Waals surface area contributed by atoms with Gasteiger partial charge in [-0.1, -0.05) is 85.7 Å². The second-order valence-electron chi connectivity index (χ2n) is 22.7. The van der Waals surface area contributed by atoms with Crippen molar-refractivity contribution < 1.29 is 68.1 Å². The molecule has 31 heteroatoms. The second kappa shape index (κ2) is 38.0. The monoisotopic (exact) mass is 1220 g/mol. The van der Waals surface area contributed by atoms with Gasteiger partial charge in [0.2, 0.25) is 59.1 Å². The number of carbonyl (C=O) groups excluding carboxylic acids is 10. The molecule has 10 amide bonds. The molecule has 0 aliphatic rings. The Balaban J connectivity index is 3.52. The molecule has 24 N–H and O–H groups in total. The van der Waals surface area contributed by atoms with Crippen LogP contribution in [0.5, 0.6) is 0 Å². The average Bonchev–Trinajstić information content (AvgIpc) is 3.15. The first kappa shape index (κ1) is 75.8. The van der Waals surface area contributed by atoms with E-state index in [0.29, 0.717) is 12.0 Å². The number of nitrogens with two attached hydrogens (primary N) is 6. The molecule has 0 bridgehead atoms. The summed E-state index contributed by atoms with van der Waals surface area (Å²) in [5.41, 5.74) is 33.5. The molecule has 0 heterocycles. The van der Waals surface area contributed by atoms with Crippen LogP contribution in [0.25, 0.3) is 0 Å². The van der Waals surface area contributed by atoms with E-state index in [4.69, 9.17) is 34.4 Å². The minimum Gasteiger partial charge on any atom is -0.480 e. The van der Waals surface area contributed by atoms with E-state index < -0.39 is 156 Å². The topological polar surface area (TPSA) is 538 Å². The summed E-state index contributed by atoms with van der Waals surface area (Å²) in [6, 6.07) is -6.46. The van der Waals surface area contributed by atoms with Crippen LogP contribution in [0.2, 0.25) is 0 Å². The van der Waals surface area contributed by atoms with Gasteiger partial charge in [0.05, 0.1) is 24.7 Å². The lowest BCUT2D eigenvalue weighted by Crippen LogP contribution is -2.63. The van der Waals surface area contributed by atoms with Crippen molar-refractivity contribution in [2.24, 2.45) is 68.1 Å². The van der Waals surface area contributed by atoms with Crippen molar-refractivity contribution >= 4 is 77.0 Å². The maximum absolute atomic E-state index is 14.4. The van der Waals surface area contributed by atoms with Gasteiger partial charge in [0, 0.05) is 19.5 Å². The summed E-state index contributed by atoms with van der Waals surface area (Å²) < 4.78 is 0. The summed E-state index contributed by atoms with van der Waals surface area (Å²) in [4.78, 5) is 157. The van der Waals surface area contributed by atoms with E-state index in [-0.39, 0.29) is 75.4 Å². The highest BCUT2D eigenvalue weighted by atomic mass is 16.4. The molecule has 0 saturated carbocycles. The molecule has 0 saturated heterocycles. The zero-order valence-corrected chi connectivity index (χ0v) is 50.9. The third-order valence-electron chi connectivity index (χ3n) is 13.1. The van der Waals surface area contributed by atoms with E-state index in [9.17, 15) is 68.1 Å². The number of amides is 10. The Labute approximate surface area is 501 Å². The Kier molecular flexibility index (Phi) is 33.5. The van der Waals surface area contributed by atoms with Gasteiger partial charge in [0.25, 0.3) is 0 Å². The number of aliphatic imine (C=N–C) groups is 2. The predicted molar refractivity (Wildman–Crippen MR) is 319 cm³/mol. The predicted octanol–water partition coefficient (Wildman–Crippen LogP) is -4.85. The van der Waals surface area contributed by atoms with Crippen LogP contribution in [0.4, 0.5) is 0 Å². The summed E-state index contributed by atoms with van der Waals surface area (Å²) in [7, 11) is 0. The van der Waals surface area contributed by atoms with Crippen LogP contribution in [0.1, 0.15) is 120 Å². The first-order chi connectivity index (χ1) is 40.1. The maximum atomic E-state index is 14.4. The standard InChI is InChI=1S/C55H95N17O14/c1-26(2)22-35(68-52(84)42(30(9)73)71-47(79)36(23-27(3)4)67-49(81)40(28(5)6)69-44(76)33(56)18-14-20-62-54(58)59)45(77)65-37(24-32-16-12-11-13-17-32)46(78)66-38(25-39(57)75)48(80)70-41(29(7)8)50(82)72-43(31(10)74)51(83)64-34(53(85)86)19-15-21-63-55(60)61/h11-13,16-17,26-31,33-38,40-43,73-74H,14-15,18-25,56H2,1-10H3,(H2,57,75)(H,64,83)(H,65,77)(H,66,78)(H,67,81)(H,68,84)(H,69,76)(H,70,80)(H,71,79)(H,72,82)(H,85,86)(H4,58,59,62)(H4,60,61,63)/t30-,31-,33+,34+,35+,36+,37+,38+,40+,41+,42+,43+/m1/s1. The lowest BCUT2D eigenvalue weighted by molar-refractivity contribution is -0.143. The molecular weight excluding hydrogens is 1120 g/mol. The number of nitrogens with one attached hydrogen (secondary N) is 9. The Hall–Kier alpha value is -8.19. The number of carboxylic acids is 1. The van der Waals surface area contributed by atoms with E-state index in [1.807, 2.05) is 0 Å². The Morgan fingerprint density at radius 3 is 1.21 bits per heavy atom. The van der Waals surface area contributed by atoms with E-state index >= 15 is 0 Å². The lowest BCUT2D eigenvalue weighted by Gasteiger charge is -2.30. The third-order valence-corrected chi connectivity index (χ3v) is 13.1. The molecule has 86 heavy (non-hydrogen) atoms. The highest BCUT2D eigenvalue weighted by Crippen LogP contribution is 2.14. The minimum absolute atomic E-state index is 0.0434. The van der Waals surface area contributed by atoms with Gasteiger partial charge in [0.1, 0.15) is 54.4 Å². The number of carbonyl (C=O) groups is 11. The number of hydrogen-bond donors (Lipinski definition) is 18. The van der Waals surface area contributed by atoms with E-state index in [1.54, 1.807) is 71.9 Å². The summed E-state index contributed by atoms with van der Waals surface area (Å²) >= 11 is 0. The van der Waals surface area contributed by atoms with Crippen molar-refractivity contribution in [2.75, 3.05) is 13.1 Å². The zero-order valence-electron chi connectivity index (χ0n) is 50.9. The van der Waals surface area contributed by atoms with E-state index in [2.05, 4.69) is 57.8 Å². The molecule has 0 unspecified atom stereocenters. The van der Waals surface area contributed by atoms with Gasteiger partial charge >= 0.3 is 5.97 Å². The molecule has 0 aliphatic heterocycles. The minimum atomic E-state index is -1.80. The van der Waals surface area contributed by atoms with E-state index in [0.717, 1.165) is 6.92 Å². The molecule has 31 nitrogen and oxygen atoms in total. The number of aliphatic carboxylic acids is 1. The first-order valence-corrected chi connectivity index (χ1v) is 28.6. The normalized spacial score (nSPS) is 15.5. The van der Waals surface area contributed by atoms with Crippen molar-refractivity contribution in [1.82, 2.24) is 47.9 Å². The number of benzene rings is 1. The zero-order chi connectivity index (χ0) is 65.7. The lowest BCUT2D eigenvalue weighted by atomic mass is 9.98. The smallest absolute Gasteiger partial charge is 0.326 e. The number of hydrogen-bond acceptors (Lipinski definition) is 16. The van der Waals surface area contributed by atoms with Crippen LogP contribution in [0.15, 0.2) is 40.3 Å². The van der Waals surface area contributed by atoms with Crippen molar-refractivity contribution in [3.8, 4) is 0 Å². The van der Waals surface area contributed by atoms with Crippen LogP contribution < -0.4 is 82.3 Å². The number of guanidine groups is 2. The number of aliphatic hydroxyl groups is 2.